The molecule has 1 aromatic carbocycles. The second-order valence-electron chi connectivity index (χ2n) is 7.77. The lowest BCUT2D eigenvalue weighted by Gasteiger charge is -2.23. The van der Waals surface area contributed by atoms with Gasteiger partial charge in [-0.1, -0.05) is 12.1 Å². The van der Waals surface area contributed by atoms with Gasteiger partial charge in [-0.05, 0) is 31.0 Å². The van der Waals surface area contributed by atoms with Crippen LogP contribution in [0.5, 0.6) is 5.75 Å². The van der Waals surface area contributed by atoms with Crippen molar-refractivity contribution in [1.29, 1.82) is 0 Å². The van der Waals surface area contributed by atoms with Gasteiger partial charge in [0.25, 0.3) is 0 Å². The van der Waals surface area contributed by atoms with Crippen molar-refractivity contribution in [3.63, 3.8) is 0 Å². The van der Waals surface area contributed by atoms with Crippen molar-refractivity contribution < 1.29 is 44.1 Å². The predicted octanol–water partition coefficient (Wildman–Crippen LogP) is -2.44. The lowest BCUT2D eigenvalue weighted by Crippen LogP contribution is -2.57. The van der Waals surface area contributed by atoms with Crippen LogP contribution in [0.3, 0.4) is 0 Å². The van der Waals surface area contributed by atoms with Crippen LogP contribution in [-0.4, -0.2) is 75.1 Å². The van der Waals surface area contributed by atoms with Crippen LogP contribution >= 0.6 is 0 Å². The number of hydrogen-bond donors (Lipinski definition) is 8. The lowest BCUT2D eigenvalue weighted by molar-refractivity contribution is -0.147. The van der Waals surface area contributed by atoms with E-state index in [1.54, 1.807) is 0 Å². The highest BCUT2D eigenvalue weighted by Gasteiger charge is 2.29. The summed E-state index contributed by atoms with van der Waals surface area (Å²) in [6.07, 6.45) is -1.15. The van der Waals surface area contributed by atoms with E-state index in [4.69, 9.17) is 21.7 Å². The van der Waals surface area contributed by atoms with Crippen LogP contribution in [0.15, 0.2) is 24.3 Å². The van der Waals surface area contributed by atoms with Crippen molar-refractivity contribution in [1.82, 2.24) is 16.0 Å². The molecule has 4 unspecified atom stereocenters. The first-order valence-electron chi connectivity index (χ1n) is 10.5. The number of rotatable bonds is 14. The Labute approximate surface area is 200 Å². The summed E-state index contributed by atoms with van der Waals surface area (Å²) in [5.41, 5.74) is 11.3. The average Bonchev–Trinajstić information content (AvgIpc) is 2.77. The van der Waals surface area contributed by atoms with Crippen molar-refractivity contribution >= 4 is 35.6 Å². The fourth-order valence-corrected chi connectivity index (χ4v) is 2.84. The normalized spacial score (nSPS) is 14.0. The Kier molecular flexibility index (Phi) is 11.1. The molecule has 4 amide bonds. The Balaban J connectivity index is 2.94. The molecule has 14 heteroatoms. The molecular formula is C21H29N5O9. The van der Waals surface area contributed by atoms with Crippen LogP contribution in [0.4, 0.5) is 0 Å². The number of aromatic hydroxyl groups is 1. The van der Waals surface area contributed by atoms with Gasteiger partial charge in [0.2, 0.25) is 23.6 Å². The summed E-state index contributed by atoms with van der Waals surface area (Å²) in [6, 6.07) is 0.366. The van der Waals surface area contributed by atoms with Gasteiger partial charge >= 0.3 is 11.9 Å². The summed E-state index contributed by atoms with van der Waals surface area (Å²) in [4.78, 5) is 70.5. The predicted molar refractivity (Wildman–Crippen MR) is 120 cm³/mol. The zero-order valence-electron chi connectivity index (χ0n) is 18.9. The van der Waals surface area contributed by atoms with Gasteiger partial charge in [-0.3, -0.25) is 24.0 Å². The van der Waals surface area contributed by atoms with E-state index in [2.05, 4.69) is 10.6 Å². The van der Waals surface area contributed by atoms with Crippen LogP contribution in [0.2, 0.25) is 0 Å². The number of nitrogens with two attached hydrogens (primary N) is 2. The van der Waals surface area contributed by atoms with Gasteiger partial charge in [0.05, 0.1) is 12.5 Å². The van der Waals surface area contributed by atoms with Crippen LogP contribution < -0.4 is 27.4 Å². The van der Waals surface area contributed by atoms with E-state index in [-0.39, 0.29) is 25.0 Å². The molecule has 10 N–H and O–H groups in total. The standard InChI is InChI=1S/C21H29N5O9/c1-10(18(31)26-15(21(34)35)9-17(29)30)24-20(33)14(8-11-2-4-12(27)5-3-11)25-19(32)13(22)6-7-16(23)28/h2-5,10,13-15,27H,6-9,22H2,1H3,(H2,23,28)(H,24,33)(H,25,32)(H,26,31)(H,29,30)(H,34,35). The number of primary amides is 1. The van der Waals surface area contributed by atoms with E-state index in [9.17, 15) is 33.9 Å². The van der Waals surface area contributed by atoms with Crippen molar-refractivity contribution in [3.8, 4) is 5.75 Å². The number of nitrogens with one attached hydrogen (secondary N) is 3. The number of phenols is 1. The number of carbonyl (C=O) groups is 6. The monoisotopic (exact) mass is 495 g/mol. The lowest BCUT2D eigenvalue weighted by atomic mass is 10.0. The van der Waals surface area contributed by atoms with Gasteiger partial charge in [-0.25, -0.2) is 4.79 Å². The molecule has 1 aromatic rings. The van der Waals surface area contributed by atoms with E-state index >= 15 is 0 Å². The van der Waals surface area contributed by atoms with Crippen molar-refractivity contribution in [2.24, 2.45) is 11.5 Å². The van der Waals surface area contributed by atoms with Crippen LogP contribution in [0, 0.1) is 0 Å². The van der Waals surface area contributed by atoms with E-state index in [1.807, 2.05) is 5.32 Å². The molecule has 0 heterocycles. The van der Waals surface area contributed by atoms with Gasteiger partial charge in [0.15, 0.2) is 0 Å². The number of carboxylic acids is 2. The fourth-order valence-electron chi connectivity index (χ4n) is 2.84. The minimum Gasteiger partial charge on any atom is -0.508 e. The minimum absolute atomic E-state index is 0.0214. The SMILES string of the molecule is CC(NC(=O)C(Cc1ccc(O)cc1)NC(=O)C(N)CCC(N)=O)C(=O)NC(CC(=O)O)C(=O)O. The van der Waals surface area contributed by atoms with Gasteiger partial charge in [0.1, 0.15) is 23.9 Å². The topological polar surface area (TPSA) is 251 Å². The quantitative estimate of drug-likeness (QED) is 0.135. The number of carbonyl (C=O) groups excluding carboxylic acids is 4. The van der Waals surface area contributed by atoms with Crippen LogP contribution in [0.1, 0.15) is 31.7 Å². The zero-order chi connectivity index (χ0) is 26.7. The van der Waals surface area contributed by atoms with Crippen molar-refractivity contribution in [2.45, 2.75) is 56.8 Å². The molecular weight excluding hydrogens is 466 g/mol. The highest BCUT2D eigenvalue weighted by atomic mass is 16.4. The van der Waals surface area contributed by atoms with Crippen LogP contribution in [0.25, 0.3) is 0 Å². The second kappa shape index (κ2) is 13.5. The number of phenolic OH excluding ortho intramolecular Hbond substituents is 1. The Morgan fingerprint density at radius 1 is 0.886 bits per heavy atom. The van der Waals surface area contributed by atoms with Crippen LogP contribution in [-0.2, 0) is 35.2 Å². The summed E-state index contributed by atoms with van der Waals surface area (Å²) < 4.78 is 0. The Morgan fingerprint density at radius 3 is 1.97 bits per heavy atom. The number of carboxylic acid groups (broad SMARTS) is 2. The Hall–Kier alpha value is -4.20. The third kappa shape index (κ3) is 10.5. The molecule has 0 fully saturated rings. The fraction of sp³-hybridized carbons (Fsp3) is 0.429. The maximum atomic E-state index is 12.9. The molecule has 0 saturated carbocycles. The first-order chi connectivity index (χ1) is 16.3. The van der Waals surface area contributed by atoms with E-state index < -0.39 is 66.2 Å². The minimum atomic E-state index is -1.71. The van der Waals surface area contributed by atoms with E-state index in [0.717, 1.165) is 0 Å². The average molecular weight is 495 g/mol. The molecule has 1 rings (SSSR count). The third-order valence-electron chi connectivity index (χ3n) is 4.79. The molecule has 0 bridgehead atoms. The molecule has 0 saturated heterocycles. The summed E-state index contributed by atoms with van der Waals surface area (Å²) >= 11 is 0. The van der Waals surface area contributed by atoms with E-state index in [0.29, 0.717) is 5.56 Å². The number of benzene rings is 1. The highest BCUT2D eigenvalue weighted by Crippen LogP contribution is 2.12. The first kappa shape index (κ1) is 28.8. The van der Waals surface area contributed by atoms with Gasteiger partial charge in [-0.2, -0.15) is 0 Å². The van der Waals surface area contributed by atoms with Gasteiger partial charge in [0, 0.05) is 12.8 Å². The maximum Gasteiger partial charge on any atom is 0.326 e. The Bertz CT molecular complexity index is 951. The highest BCUT2D eigenvalue weighted by molar-refractivity contribution is 5.94. The summed E-state index contributed by atoms with van der Waals surface area (Å²) in [6.45, 7) is 1.24. The first-order valence-corrected chi connectivity index (χ1v) is 10.5. The molecule has 35 heavy (non-hydrogen) atoms. The number of amides is 4. The van der Waals surface area contributed by atoms with Crippen molar-refractivity contribution in [3.05, 3.63) is 29.8 Å². The summed E-state index contributed by atoms with van der Waals surface area (Å²) in [5.74, 6) is -6.22. The summed E-state index contributed by atoms with van der Waals surface area (Å²) in [7, 11) is 0. The molecule has 0 radical (unpaired) electrons. The Morgan fingerprint density at radius 2 is 1.46 bits per heavy atom. The molecule has 0 aromatic heterocycles. The third-order valence-corrected chi connectivity index (χ3v) is 4.79. The second-order valence-corrected chi connectivity index (χ2v) is 7.77. The number of aliphatic carboxylic acids is 2. The summed E-state index contributed by atoms with van der Waals surface area (Å²) in [5, 5.41) is 34.1. The number of hydrogen-bond acceptors (Lipinski definition) is 8. The van der Waals surface area contributed by atoms with E-state index in [1.165, 1.54) is 31.2 Å². The van der Waals surface area contributed by atoms with Crippen molar-refractivity contribution in [2.75, 3.05) is 0 Å². The molecule has 0 aliphatic heterocycles. The molecule has 14 nitrogen and oxygen atoms in total. The van der Waals surface area contributed by atoms with Gasteiger partial charge < -0.3 is 42.7 Å². The smallest absolute Gasteiger partial charge is 0.326 e. The maximum absolute atomic E-state index is 12.9. The largest absolute Gasteiger partial charge is 0.508 e. The molecule has 0 aliphatic rings. The molecule has 0 spiro atoms. The molecule has 4 atom stereocenters. The van der Waals surface area contributed by atoms with Gasteiger partial charge in [-0.15, -0.1) is 0 Å². The zero-order valence-corrected chi connectivity index (χ0v) is 18.9. The molecule has 192 valence electrons. The molecule has 0 aliphatic carbocycles.